The number of nitrogens with one attached hydrogen (secondary N) is 2. The van der Waals surface area contributed by atoms with Gasteiger partial charge in [0, 0.05) is 47.2 Å². The van der Waals surface area contributed by atoms with Crippen LogP contribution in [-0.2, 0) is 11.8 Å². The average Bonchev–Trinajstić information content (AvgIpc) is 3.58. The minimum Gasteiger partial charge on any atom is -0.495 e. The number of pyridine rings is 1. The lowest BCUT2D eigenvalue weighted by Gasteiger charge is -2.17. The summed E-state index contributed by atoms with van der Waals surface area (Å²) in [6.45, 7) is 6.68. The van der Waals surface area contributed by atoms with Gasteiger partial charge in [0.05, 0.1) is 29.4 Å². The molecule has 0 aliphatic carbocycles. The SMILES string of the molecule is CCN(CC)CCC(=O)Nc1cnc(N)c2c(-c3ccc(NC(=O)c4cc5ccccc5n4C)c(OC)c3)csc12. The number of carbonyl (C=O) groups excluding carboxylic acids is 2. The minimum atomic E-state index is -0.231. The molecule has 0 fully saturated rings. The van der Waals surface area contributed by atoms with E-state index in [9.17, 15) is 9.59 Å². The average molecular weight is 571 g/mol. The summed E-state index contributed by atoms with van der Waals surface area (Å²) in [4.78, 5) is 32.5. The lowest BCUT2D eigenvalue weighted by Crippen LogP contribution is -2.27. The number of ether oxygens (including phenoxy) is 1. The second-order valence-electron chi connectivity index (χ2n) is 9.75. The number of carbonyl (C=O) groups is 2. The normalized spacial score (nSPS) is 11.3. The number of hydrogen-bond donors (Lipinski definition) is 3. The number of nitrogens with two attached hydrogens (primary N) is 1. The van der Waals surface area contributed by atoms with Crippen molar-refractivity contribution in [3.8, 4) is 16.9 Å². The van der Waals surface area contributed by atoms with Crippen LogP contribution in [0.3, 0.4) is 0 Å². The van der Waals surface area contributed by atoms with Crippen molar-refractivity contribution in [1.29, 1.82) is 0 Å². The minimum absolute atomic E-state index is 0.0624. The lowest BCUT2D eigenvalue weighted by molar-refractivity contribution is -0.116. The van der Waals surface area contributed by atoms with E-state index in [2.05, 4.69) is 34.4 Å². The molecule has 212 valence electrons. The number of para-hydroxylation sites is 1. The first-order chi connectivity index (χ1) is 19.8. The van der Waals surface area contributed by atoms with Crippen LogP contribution in [0.4, 0.5) is 17.2 Å². The second kappa shape index (κ2) is 12.0. The van der Waals surface area contributed by atoms with Crippen molar-refractivity contribution in [1.82, 2.24) is 14.5 Å². The summed E-state index contributed by atoms with van der Waals surface area (Å²) in [5.74, 6) is 0.601. The summed E-state index contributed by atoms with van der Waals surface area (Å²) in [6.07, 6.45) is 2.01. The highest BCUT2D eigenvalue weighted by atomic mass is 32.1. The monoisotopic (exact) mass is 570 g/mol. The van der Waals surface area contributed by atoms with Gasteiger partial charge in [-0.2, -0.15) is 0 Å². The molecule has 0 saturated heterocycles. The van der Waals surface area contributed by atoms with E-state index in [-0.39, 0.29) is 11.8 Å². The number of thiophene rings is 1. The highest BCUT2D eigenvalue weighted by Crippen LogP contribution is 2.42. The van der Waals surface area contributed by atoms with Gasteiger partial charge < -0.3 is 30.6 Å². The van der Waals surface area contributed by atoms with Crippen LogP contribution < -0.4 is 21.1 Å². The highest BCUT2D eigenvalue weighted by Gasteiger charge is 2.19. The number of anilines is 3. The van der Waals surface area contributed by atoms with Gasteiger partial charge in [0.25, 0.3) is 5.91 Å². The predicted octanol–water partition coefficient (Wildman–Crippen LogP) is 5.97. The fourth-order valence-electron chi connectivity index (χ4n) is 5.04. The second-order valence-corrected chi connectivity index (χ2v) is 10.6. The number of fused-ring (bicyclic) bond motifs is 2. The molecule has 3 heterocycles. The molecular formula is C31H34N6O3S. The van der Waals surface area contributed by atoms with Crippen LogP contribution in [0.5, 0.6) is 5.75 Å². The summed E-state index contributed by atoms with van der Waals surface area (Å²) in [6, 6.07) is 15.3. The summed E-state index contributed by atoms with van der Waals surface area (Å²) in [5, 5.41) is 9.77. The van der Waals surface area contributed by atoms with Crippen LogP contribution in [0.25, 0.3) is 32.1 Å². The first-order valence-corrected chi connectivity index (χ1v) is 14.4. The molecule has 10 heteroatoms. The highest BCUT2D eigenvalue weighted by molar-refractivity contribution is 7.18. The van der Waals surface area contributed by atoms with Gasteiger partial charge in [0.15, 0.2) is 0 Å². The number of aromatic nitrogens is 2. The van der Waals surface area contributed by atoms with Crippen molar-refractivity contribution in [2.24, 2.45) is 7.05 Å². The fourth-order valence-corrected chi connectivity index (χ4v) is 6.09. The number of rotatable bonds is 10. The van der Waals surface area contributed by atoms with Crippen LogP contribution in [0, 0.1) is 0 Å². The first-order valence-electron chi connectivity index (χ1n) is 13.6. The Bertz CT molecular complexity index is 1740. The molecule has 0 saturated carbocycles. The van der Waals surface area contributed by atoms with Crippen LogP contribution in [-0.4, -0.2) is 53.0 Å². The number of aryl methyl sites for hydroxylation is 1. The molecular weight excluding hydrogens is 536 g/mol. The molecule has 0 aliphatic heterocycles. The van der Waals surface area contributed by atoms with Crippen molar-refractivity contribution >= 4 is 61.3 Å². The molecule has 2 aromatic carbocycles. The van der Waals surface area contributed by atoms with E-state index in [1.54, 1.807) is 13.3 Å². The number of nitrogens with zero attached hydrogens (tertiary/aromatic N) is 3. The van der Waals surface area contributed by atoms with Crippen molar-refractivity contribution in [2.45, 2.75) is 20.3 Å². The molecule has 3 aromatic heterocycles. The van der Waals surface area contributed by atoms with Gasteiger partial charge in [-0.3, -0.25) is 9.59 Å². The van der Waals surface area contributed by atoms with Crippen molar-refractivity contribution < 1.29 is 14.3 Å². The smallest absolute Gasteiger partial charge is 0.272 e. The Morgan fingerprint density at radius 2 is 1.85 bits per heavy atom. The molecule has 41 heavy (non-hydrogen) atoms. The first kappa shape index (κ1) is 28.1. The Labute approximate surface area is 242 Å². The molecule has 0 spiro atoms. The molecule has 0 bridgehead atoms. The number of methoxy groups -OCH3 is 1. The summed E-state index contributed by atoms with van der Waals surface area (Å²) < 4.78 is 8.40. The largest absolute Gasteiger partial charge is 0.495 e. The third kappa shape index (κ3) is 5.61. The maximum atomic E-state index is 13.2. The van der Waals surface area contributed by atoms with E-state index in [4.69, 9.17) is 10.5 Å². The Morgan fingerprint density at radius 1 is 1.07 bits per heavy atom. The number of benzene rings is 2. The zero-order valence-corrected chi connectivity index (χ0v) is 24.5. The van der Waals surface area contributed by atoms with E-state index in [1.165, 1.54) is 11.3 Å². The number of nitrogen functional groups attached to an aromatic ring is 1. The van der Waals surface area contributed by atoms with Crippen LogP contribution in [0.1, 0.15) is 30.8 Å². The number of hydrogen-bond acceptors (Lipinski definition) is 7. The van der Waals surface area contributed by atoms with E-state index in [1.807, 2.05) is 65.5 Å². The molecule has 2 amide bonds. The van der Waals surface area contributed by atoms with Crippen molar-refractivity contribution in [3.05, 3.63) is 65.8 Å². The summed E-state index contributed by atoms with van der Waals surface area (Å²) >= 11 is 1.50. The van der Waals surface area contributed by atoms with Crippen molar-refractivity contribution in [2.75, 3.05) is 43.1 Å². The van der Waals surface area contributed by atoms with Gasteiger partial charge >= 0.3 is 0 Å². The molecule has 5 rings (SSSR count). The third-order valence-corrected chi connectivity index (χ3v) is 8.41. The Hall–Kier alpha value is -4.41. The van der Waals surface area contributed by atoms with E-state index in [0.717, 1.165) is 45.2 Å². The van der Waals surface area contributed by atoms with E-state index >= 15 is 0 Å². The topological polar surface area (TPSA) is 115 Å². The molecule has 0 atom stereocenters. The number of amides is 2. The van der Waals surface area contributed by atoms with Gasteiger partial charge in [0.2, 0.25) is 5.91 Å². The van der Waals surface area contributed by atoms with Gasteiger partial charge in [-0.1, -0.05) is 38.1 Å². The van der Waals surface area contributed by atoms with Crippen LogP contribution in [0.15, 0.2) is 60.1 Å². The summed E-state index contributed by atoms with van der Waals surface area (Å²) in [7, 11) is 3.44. The van der Waals surface area contributed by atoms with E-state index < -0.39 is 0 Å². The fraction of sp³-hybridized carbons (Fsp3) is 0.258. The third-order valence-electron chi connectivity index (χ3n) is 7.39. The molecule has 0 aliphatic rings. The lowest BCUT2D eigenvalue weighted by atomic mass is 10.0. The Morgan fingerprint density at radius 3 is 2.59 bits per heavy atom. The van der Waals surface area contributed by atoms with Gasteiger partial charge in [-0.15, -0.1) is 11.3 Å². The van der Waals surface area contributed by atoms with Gasteiger partial charge in [-0.25, -0.2) is 4.98 Å². The van der Waals surface area contributed by atoms with E-state index in [0.29, 0.717) is 41.6 Å². The molecule has 0 radical (unpaired) electrons. The van der Waals surface area contributed by atoms with Gasteiger partial charge in [0.1, 0.15) is 17.3 Å². The molecule has 0 unspecified atom stereocenters. The van der Waals surface area contributed by atoms with Gasteiger partial charge in [-0.05, 0) is 42.9 Å². The zero-order valence-electron chi connectivity index (χ0n) is 23.7. The molecule has 4 N–H and O–H groups in total. The summed E-state index contributed by atoms with van der Waals surface area (Å²) in [5.41, 5.74) is 10.8. The maximum absolute atomic E-state index is 13.2. The van der Waals surface area contributed by atoms with Crippen LogP contribution in [0.2, 0.25) is 0 Å². The zero-order chi connectivity index (χ0) is 29.1. The standard InChI is InChI=1S/C31H34N6O3S/c1-5-37(6-2)14-13-27(38)34-23-17-33-30(32)28-21(18-41-29(23)28)19-11-12-22(26(16-19)40-4)35-31(39)25-15-20-9-7-8-10-24(20)36(25)3/h7-12,15-18H,5-6,13-14H2,1-4H3,(H2,32,33)(H,34,38)(H,35,39). The quantitative estimate of drug-likeness (QED) is 0.191. The molecule has 5 aromatic rings. The van der Waals surface area contributed by atoms with Crippen molar-refractivity contribution in [3.63, 3.8) is 0 Å². The van der Waals surface area contributed by atoms with Crippen LogP contribution >= 0.6 is 11.3 Å². The Kier molecular flexibility index (Phi) is 8.23. The predicted molar refractivity (Wildman–Crippen MR) is 168 cm³/mol. The molecule has 9 nitrogen and oxygen atoms in total. The maximum Gasteiger partial charge on any atom is 0.272 e. The Balaban J connectivity index is 1.40.